The molecule has 0 radical (unpaired) electrons. The Balaban J connectivity index is 1.56. The molecule has 1 spiro atoms. The summed E-state index contributed by atoms with van der Waals surface area (Å²) in [4.78, 5) is 26.7. The summed E-state index contributed by atoms with van der Waals surface area (Å²) >= 11 is 0. The number of aliphatic hydroxyl groups is 1. The Hall–Kier alpha value is -2.08. The summed E-state index contributed by atoms with van der Waals surface area (Å²) < 4.78 is 5.61. The third kappa shape index (κ3) is 4.58. The van der Waals surface area contributed by atoms with Gasteiger partial charge in [-0.2, -0.15) is 0 Å². The van der Waals surface area contributed by atoms with Crippen LogP contribution in [-0.2, 0) is 4.79 Å². The summed E-state index contributed by atoms with van der Waals surface area (Å²) in [6, 6.07) is 7.14. The topological polar surface area (TPSA) is 78.9 Å². The van der Waals surface area contributed by atoms with Crippen LogP contribution in [0, 0.1) is 18.3 Å². The van der Waals surface area contributed by atoms with Gasteiger partial charge in [0.05, 0.1) is 6.54 Å². The Kier molecular flexibility index (Phi) is 6.22. The molecule has 1 saturated heterocycles. The lowest BCUT2D eigenvalue weighted by atomic mass is 9.65. The Morgan fingerprint density at radius 3 is 2.62 bits per heavy atom. The number of rotatable bonds is 7. The number of amides is 3. The number of benzene rings is 1. The molecule has 3 rings (SSSR count). The number of hydrogen-bond acceptors (Lipinski definition) is 4. The highest BCUT2D eigenvalue weighted by Gasteiger charge is 2.53. The zero-order valence-corrected chi connectivity index (χ0v) is 18.0. The van der Waals surface area contributed by atoms with Crippen LogP contribution in [0.4, 0.5) is 4.79 Å². The molecule has 160 valence electrons. The zero-order valence-electron chi connectivity index (χ0n) is 18.0. The van der Waals surface area contributed by atoms with Gasteiger partial charge in [-0.25, -0.2) is 4.79 Å². The molecule has 0 aromatic heterocycles. The van der Waals surface area contributed by atoms with Gasteiger partial charge in [-0.3, -0.25) is 9.69 Å². The molecular weight excluding hydrogens is 368 g/mol. The van der Waals surface area contributed by atoms with E-state index in [1.165, 1.54) is 0 Å². The van der Waals surface area contributed by atoms with Gasteiger partial charge < -0.3 is 15.2 Å². The van der Waals surface area contributed by atoms with Gasteiger partial charge in [-0.15, -0.1) is 0 Å². The first-order valence-corrected chi connectivity index (χ1v) is 10.7. The molecule has 0 bridgehead atoms. The van der Waals surface area contributed by atoms with Crippen LogP contribution in [0.3, 0.4) is 0 Å². The molecule has 1 aliphatic carbocycles. The van der Waals surface area contributed by atoms with Crippen molar-refractivity contribution in [3.63, 3.8) is 0 Å². The summed E-state index contributed by atoms with van der Waals surface area (Å²) in [5.41, 5.74) is 0.514. The van der Waals surface area contributed by atoms with Crippen molar-refractivity contribution < 1.29 is 19.4 Å². The summed E-state index contributed by atoms with van der Waals surface area (Å²) in [6.45, 7) is 8.70. The highest BCUT2D eigenvalue weighted by atomic mass is 16.5. The first-order valence-electron chi connectivity index (χ1n) is 10.7. The quantitative estimate of drug-likeness (QED) is 0.683. The average molecular weight is 403 g/mol. The van der Waals surface area contributed by atoms with Gasteiger partial charge in [-0.05, 0) is 61.6 Å². The maximum atomic E-state index is 13.1. The number of β-amino-alcohol motifs (C(OH)–C–C–N with tert-alkyl or cyclic N) is 1. The van der Waals surface area contributed by atoms with Crippen molar-refractivity contribution in [2.75, 3.05) is 13.2 Å². The Morgan fingerprint density at radius 1 is 1.31 bits per heavy atom. The van der Waals surface area contributed by atoms with E-state index in [9.17, 15) is 14.7 Å². The highest BCUT2D eigenvalue weighted by molar-refractivity contribution is 6.07. The molecule has 1 atom stereocenters. The second-order valence-corrected chi connectivity index (χ2v) is 9.33. The third-order valence-corrected chi connectivity index (χ3v) is 6.93. The van der Waals surface area contributed by atoms with Crippen LogP contribution >= 0.6 is 0 Å². The summed E-state index contributed by atoms with van der Waals surface area (Å²) in [5, 5.41) is 13.3. The number of ether oxygens (including phenoxy) is 1. The number of aliphatic hydroxyl groups excluding tert-OH is 1. The van der Waals surface area contributed by atoms with Gasteiger partial charge in [0, 0.05) is 0 Å². The minimum atomic E-state index is -0.935. The van der Waals surface area contributed by atoms with Gasteiger partial charge >= 0.3 is 6.03 Å². The normalized spacial score (nSPS) is 26.0. The number of carbonyl (C=O) groups excluding carboxylic acids is 2. The van der Waals surface area contributed by atoms with Gasteiger partial charge in [0.15, 0.2) is 0 Å². The molecule has 1 aromatic rings. The second-order valence-electron chi connectivity index (χ2n) is 9.33. The molecule has 2 aliphatic rings. The largest absolute Gasteiger partial charge is 0.491 e. The molecule has 6 nitrogen and oxygen atoms in total. The summed E-state index contributed by atoms with van der Waals surface area (Å²) in [7, 11) is 0. The van der Waals surface area contributed by atoms with Gasteiger partial charge in [0.25, 0.3) is 5.91 Å². The Bertz CT molecular complexity index is 753. The van der Waals surface area contributed by atoms with E-state index in [0.717, 1.165) is 29.7 Å². The fourth-order valence-electron chi connectivity index (χ4n) is 4.52. The van der Waals surface area contributed by atoms with Crippen LogP contribution in [0.2, 0.25) is 0 Å². The fraction of sp³-hybridized carbons (Fsp3) is 0.652. The van der Waals surface area contributed by atoms with E-state index in [1.54, 1.807) is 0 Å². The number of nitrogens with one attached hydrogen (secondary N) is 1. The maximum Gasteiger partial charge on any atom is 0.325 e. The molecule has 2 fully saturated rings. The van der Waals surface area contributed by atoms with Gasteiger partial charge in [0.1, 0.15) is 24.0 Å². The molecule has 1 aromatic carbocycles. The van der Waals surface area contributed by atoms with E-state index in [0.29, 0.717) is 24.5 Å². The second kappa shape index (κ2) is 8.34. The standard InChI is InChI=1S/C23H34N2O4/c1-5-22(3,4)17-9-11-23(12-10-17)20(27)25(21(28)24-23)14-18(26)15-29-19-8-6-7-16(2)13-19/h6-8,13,17-18,26H,5,9-12,14-15H2,1-4H3,(H,24,28)/t17?,18-,23?/m1/s1. The monoisotopic (exact) mass is 402 g/mol. The number of aryl methyl sites for hydroxylation is 1. The van der Waals surface area contributed by atoms with Crippen LogP contribution in [0.25, 0.3) is 0 Å². The van der Waals surface area contributed by atoms with Crippen LogP contribution in [0.1, 0.15) is 58.4 Å². The molecular formula is C23H34N2O4. The fourth-order valence-corrected chi connectivity index (χ4v) is 4.52. The highest BCUT2D eigenvalue weighted by Crippen LogP contribution is 2.45. The molecule has 6 heteroatoms. The smallest absolute Gasteiger partial charge is 0.325 e. The number of carbonyl (C=O) groups is 2. The predicted molar refractivity (Wildman–Crippen MR) is 112 cm³/mol. The zero-order chi connectivity index (χ0) is 21.2. The van der Waals surface area contributed by atoms with Crippen LogP contribution in [-0.4, -0.2) is 46.7 Å². The Labute approximate surface area is 173 Å². The molecule has 1 aliphatic heterocycles. The third-order valence-electron chi connectivity index (χ3n) is 6.93. The van der Waals surface area contributed by atoms with Gasteiger partial charge in [-0.1, -0.05) is 39.3 Å². The van der Waals surface area contributed by atoms with Gasteiger partial charge in [0.2, 0.25) is 0 Å². The van der Waals surface area contributed by atoms with E-state index in [2.05, 4.69) is 26.1 Å². The SMILES string of the molecule is CCC(C)(C)C1CCC2(CC1)NC(=O)N(C[C@@H](O)COc1cccc(C)c1)C2=O. The van der Waals surface area contributed by atoms with E-state index in [4.69, 9.17) is 4.74 Å². The minimum absolute atomic E-state index is 0.0281. The van der Waals surface area contributed by atoms with E-state index in [1.807, 2.05) is 31.2 Å². The number of nitrogens with zero attached hydrogens (tertiary/aromatic N) is 1. The lowest BCUT2D eigenvalue weighted by molar-refractivity contribution is -0.134. The van der Waals surface area contributed by atoms with Crippen molar-refractivity contribution in [2.24, 2.45) is 11.3 Å². The molecule has 2 N–H and O–H groups in total. The van der Waals surface area contributed by atoms with E-state index < -0.39 is 17.7 Å². The number of urea groups is 1. The van der Waals surface area contributed by atoms with Crippen molar-refractivity contribution in [3.8, 4) is 5.75 Å². The van der Waals surface area contributed by atoms with E-state index in [-0.39, 0.29) is 24.5 Å². The molecule has 1 saturated carbocycles. The van der Waals surface area contributed by atoms with Crippen molar-refractivity contribution in [2.45, 2.75) is 71.4 Å². The number of imide groups is 1. The predicted octanol–water partition coefficient (Wildman–Crippen LogP) is 3.65. The van der Waals surface area contributed by atoms with Crippen molar-refractivity contribution in [1.82, 2.24) is 10.2 Å². The van der Waals surface area contributed by atoms with E-state index >= 15 is 0 Å². The Morgan fingerprint density at radius 2 is 2.00 bits per heavy atom. The summed E-state index contributed by atoms with van der Waals surface area (Å²) in [5.74, 6) is 1.02. The first-order chi connectivity index (χ1) is 13.7. The average Bonchev–Trinajstić information content (AvgIpc) is 2.91. The first kappa shape index (κ1) is 21.6. The van der Waals surface area contributed by atoms with Crippen LogP contribution in [0.5, 0.6) is 5.75 Å². The minimum Gasteiger partial charge on any atom is -0.491 e. The lowest BCUT2D eigenvalue weighted by Gasteiger charge is -2.42. The van der Waals surface area contributed by atoms with Crippen LogP contribution < -0.4 is 10.1 Å². The summed E-state index contributed by atoms with van der Waals surface area (Å²) in [6.07, 6.45) is 3.36. The van der Waals surface area contributed by atoms with Crippen LogP contribution in [0.15, 0.2) is 24.3 Å². The lowest BCUT2D eigenvalue weighted by Crippen LogP contribution is -2.51. The molecule has 0 unspecified atom stereocenters. The molecule has 3 amide bonds. The molecule has 1 heterocycles. The number of hydrogen-bond donors (Lipinski definition) is 2. The molecule has 29 heavy (non-hydrogen) atoms. The maximum absolute atomic E-state index is 13.1. The van der Waals surface area contributed by atoms with Crippen molar-refractivity contribution in [3.05, 3.63) is 29.8 Å². The van der Waals surface area contributed by atoms with Crippen molar-refractivity contribution >= 4 is 11.9 Å². The van der Waals surface area contributed by atoms with Crippen molar-refractivity contribution in [1.29, 1.82) is 0 Å².